The van der Waals surface area contributed by atoms with Crippen LogP contribution in [0.25, 0.3) is 39.4 Å². The molecule has 1 amide bonds. The number of aromatic amines is 2. The summed E-state index contributed by atoms with van der Waals surface area (Å²) in [5.41, 5.74) is 6.82. The zero-order valence-electron chi connectivity index (χ0n) is 21.0. The second-order valence-electron chi connectivity index (χ2n) is 9.71. The molecule has 39 heavy (non-hydrogen) atoms. The predicted molar refractivity (Wildman–Crippen MR) is 149 cm³/mol. The lowest BCUT2D eigenvalue weighted by Crippen LogP contribution is -2.20. The fraction of sp³-hybridized carbons (Fsp3) is 0.172. The van der Waals surface area contributed by atoms with Crippen molar-refractivity contribution < 1.29 is 4.79 Å². The molecule has 0 bridgehead atoms. The number of amides is 1. The van der Waals surface area contributed by atoms with Crippen LogP contribution >= 0.6 is 0 Å². The van der Waals surface area contributed by atoms with Gasteiger partial charge < -0.3 is 15.6 Å². The Bertz CT molecular complexity index is 1740. The number of hydrogen-bond donors (Lipinski definition) is 4. The minimum absolute atomic E-state index is 0.0622. The Morgan fingerprint density at radius 3 is 2.82 bits per heavy atom. The minimum Gasteiger partial charge on any atom is -0.345 e. The smallest absolute Gasteiger partial charge is 0.227 e. The summed E-state index contributed by atoms with van der Waals surface area (Å²) in [6.07, 6.45) is 15.1. The largest absolute Gasteiger partial charge is 0.345 e. The second-order valence-corrected chi connectivity index (χ2v) is 9.71. The summed E-state index contributed by atoms with van der Waals surface area (Å²) in [6, 6.07) is 11.6. The first-order valence-corrected chi connectivity index (χ1v) is 13.0. The molecule has 0 radical (unpaired) electrons. The summed E-state index contributed by atoms with van der Waals surface area (Å²) >= 11 is 0. The quantitative estimate of drug-likeness (QED) is 0.249. The van der Waals surface area contributed by atoms with Gasteiger partial charge in [0, 0.05) is 35.6 Å². The molecule has 0 unspecified atom stereocenters. The van der Waals surface area contributed by atoms with Gasteiger partial charge in [-0.1, -0.05) is 18.9 Å². The number of imidazole rings is 1. The first kappa shape index (κ1) is 23.0. The summed E-state index contributed by atoms with van der Waals surface area (Å²) in [6.45, 7) is 0. The van der Waals surface area contributed by atoms with Crippen LogP contribution in [0.15, 0.2) is 73.3 Å². The molecule has 7 rings (SSSR count). The maximum absolute atomic E-state index is 12.6. The van der Waals surface area contributed by atoms with Gasteiger partial charge in [-0.2, -0.15) is 5.10 Å². The third-order valence-electron chi connectivity index (χ3n) is 7.15. The van der Waals surface area contributed by atoms with Gasteiger partial charge >= 0.3 is 0 Å². The zero-order chi connectivity index (χ0) is 26.2. The highest BCUT2D eigenvalue weighted by Gasteiger charge is 2.23. The van der Waals surface area contributed by atoms with Gasteiger partial charge in [-0.25, -0.2) is 9.97 Å². The number of aromatic nitrogens is 7. The van der Waals surface area contributed by atoms with Crippen molar-refractivity contribution in [2.24, 2.45) is 5.92 Å². The Labute approximate surface area is 223 Å². The minimum atomic E-state index is 0.0622. The Balaban J connectivity index is 1.23. The lowest BCUT2D eigenvalue weighted by Gasteiger charge is -2.11. The van der Waals surface area contributed by atoms with Gasteiger partial charge in [0.1, 0.15) is 5.52 Å². The molecule has 0 aromatic carbocycles. The molecule has 0 spiro atoms. The molecule has 1 fully saturated rings. The van der Waals surface area contributed by atoms with E-state index in [4.69, 9.17) is 9.97 Å². The van der Waals surface area contributed by atoms with Crippen LogP contribution < -0.4 is 10.6 Å². The van der Waals surface area contributed by atoms with Crippen LogP contribution in [0.1, 0.15) is 37.1 Å². The van der Waals surface area contributed by atoms with Gasteiger partial charge in [-0.3, -0.25) is 19.9 Å². The molecule has 5 aromatic rings. The van der Waals surface area contributed by atoms with E-state index < -0.39 is 0 Å². The van der Waals surface area contributed by atoms with Crippen LogP contribution in [0.3, 0.4) is 0 Å². The number of fused-ring (bicyclic) bond motifs is 2. The molecule has 1 aliphatic carbocycles. The molecule has 1 aliphatic heterocycles. The van der Waals surface area contributed by atoms with Crippen molar-refractivity contribution in [1.29, 1.82) is 0 Å². The normalized spacial score (nSPS) is 15.0. The Morgan fingerprint density at radius 2 is 1.95 bits per heavy atom. The van der Waals surface area contributed by atoms with E-state index >= 15 is 0 Å². The van der Waals surface area contributed by atoms with Crippen molar-refractivity contribution in [1.82, 2.24) is 35.1 Å². The highest BCUT2D eigenvalue weighted by atomic mass is 16.1. The monoisotopic (exact) mass is 515 g/mol. The lowest BCUT2D eigenvalue weighted by atomic mass is 10.1. The van der Waals surface area contributed by atoms with Crippen molar-refractivity contribution in [3.8, 4) is 22.8 Å². The molecule has 10 heteroatoms. The molecule has 4 N–H and O–H groups in total. The molecular formula is C29H25N9O. The molecule has 1 saturated carbocycles. The summed E-state index contributed by atoms with van der Waals surface area (Å²) in [4.78, 5) is 34.6. The SMILES string of the molecule is O=C(Nc1cncc(-c2ccc3[nH]nc(-c4nc5c([nH]4)C(c4ccccn4)=CC=CN5)c3n2)c1)C1CCCC1. The Hall–Kier alpha value is -5.12. The second kappa shape index (κ2) is 9.64. The number of pyridine rings is 3. The molecule has 0 atom stereocenters. The maximum atomic E-state index is 12.6. The number of carbonyl (C=O) groups is 1. The molecular weight excluding hydrogens is 490 g/mol. The maximum Gasteiger partial charge on any atom is 0.227 e. The average molecular weight is 516 g/mol. The average Bonchev–Trinajstić information content (AvgIpc) is 3.72. The van der Waals surface area contributed by atoms with Crippen LogP contribution in [0.5, 0.6) is 0 Å². The van der Waals surface area contributed by atoms with Gasteiger partial charge in [0.15, 0.2) is 17.3 Å². The summed E-state index contributed by atoms with van der Waals surface area (Å²) in [5, 5.41) is 13.9. The lowest BCUT2D eigenvalue weighted by molar-refractivity contribution is -0.119. The first-order valence-electron chi connectivity index (χ1n) is 13.0. The number of nitrogens with zero attached hydrogens (tertiary/aromatic N) is 5. The predicted octanol–water partition coefficient (Wildman–Crippen LogP) is 5.30. The number of rotatable bonds is 5. The zero-order valence-corrected chi connectivity index (χ0v) is 21.0. The highest BCUT2D eigenvalue weighted by Crippen LogP contribution is 2.33. The van der Waals surface area contributed by atoms with Crippen molar-refractivity contribution in [2.75, 3.05) is 10.6 Å². The molecule has 192 valence electrons. The van der Waals surface area contributed by atoms with Gasteiger partial charge in [0.05, 0.1) is 34.5 Å². The topological polar surface area (TPSA) is 137 Å². The van der Waals surface area contributed by atoms with Crippen molar-refractivity contribution in [3.63, 3.8) is 0 Å². The summed E-state index contributed by atoms with van der Waals surface area (Å²) in [7, 11) is 0. The molecule has 2 aliphatic rings. The van der Waals surface area contributed by atoms with E-state index in [2.05, 4.69) is 35.8 Å². The molecule has 10 nitrogen and oxygen atoms in total. The van der Waals surface area contributed by atoms with E-state index in [0.717, 1.165) is 59.4 Å². The van der Waals surface area contributed by atoms with Crippen LogP contribution in [0.4, 0.5) is 11.5 Å². The molecule has 6 heterocycles. The summed E-state index contributed by atoms with van der Waals surface area (Å²) < 4.78 is 0. The molecule has 0 saturated heterocycles. The number of H-pyrrole nitrogens is 2. The third kappa shape index (κ3) is 4.35. The van der Waals surface area contributed by atoms with Crippen molar-refractivity contribution in [3.05, 3.63) is 84.7 Å². The fourth-order valence-electron chi connectivity index (χ4n) is 5.18. The summed E-state index contributed by atoms with van der Waals surface area (Å²) in [5.74, 6) is 1.40. The van der Waals surface area contributed by atoms with Gasteiger partial charge in [-0.15, -0.1) is 0 Å². The Kier molecular flexibility index (Phi) is 5.69. The van der Waals surface area contributed by atoms with Crippen LogP contribution in [-0.2, 0) is 4.79 Å². The van der Waals surface area contributed by atoms with Crippen molar-refractivity contribution >= 4 is 34.0 Å². The fourth-order valence-corrected chi connectivity index (χ4v) is 5.18. The highest BCUT2D eigenvalue weighted by molar-refractivity contribution is 5.94. The van der Waals surface area contributed by atoms with Crippen LogP contribution in [0, 0.1) is 5.92 Å². The Morgan fingerprint density at radius 1 is 1.03 bits per heavy atom. The number of nitrogens with one attached hydrogen (secondary N) is 4. The van der Waals surface area contributed by atoms with Gasteiger partial charge in [0.25, 0.3) is 0 Å². The van der Waals surface area contributed by atoms with E-state index in [1.54, 1.807) is 18.6 Å². The number of hydrogen-bond acceptors (Lipinski definition) is 7. The molecule has 5 aromatic heterocycles. The van der Waals surface area contributed by atoms with E-state index in [1.165, 1.54) is 0 Å². The van der Waals surface area contributed by atoms with Gasteiger partial charge in [0.2, 0.25) is 5.91 Å². The van der Waals surface area contributed by atoms with Crippen LogP contribution in [0.2, 0.25) is 0 Å². The van der Waals surface area contributed by atoms with E-state index in [0.29, 0.717) is 28.5 Å². The van der Waals surface area contributed by atoms with E-state index in [1.807, 2.05) is 54.8 Å². The number of allylic oxidation sites excluding steroid dienone is 2. The van der Waals surface area contributed by atoms with E-state index in [-0.39, 0.29) is 11.8 Å². The number of carbonyl (C=O) groups excluding carboxylic acids is 1. The standard InChI is InChI=1S/C29H25N9O/c39-29(17-6-1-2-7-17)33-19-14-18(15-30-16-19)21-10-11-23-25(34-21)26(38-37-23)28-35-24-20(22-9-3-4-12-31-22)8-5-13-32-27(24)36-28/h3-5,8-17,32H,1-2,6-7H2,(H,33,39)(H,35,36)(H,37,38). The third-order valence-corrected chi connectivity index (χ3v) is 7.15. The van der Waals surface area contributed by atoms with E-state index in [9.17, 15) is 4.79 Å². The van der Waals surface area contributed by atoms with Gasteiger partial charge in [-0.05, 0) is 55.3 Å². The number of anilines is 2. The van der Waals surface area contributed by atoms with Crippen LogP contribution in [-0.4, -0.2) is 41.0 Å². The van der Waals surface area contributed by atoms with Crippen molar-refractivity contribution in [2.45, 2.75) is 25.7 Å². The first-order chi connectivity index (χ1) is 19.2.